The molecule has 0 aromatic heterocycles. The number of hydrogen-bond donors (Lipinski definition) is 1. The van der Waals surface area contributed by atoms with Crippen molar-refractivity contribution in [1.82, 2.24) is 5.43 Å². The third-order valence-corrected chi connectivity index (χ3v) is 5.27. The molecule has 0 saturated heterocycles. The molecule has 11 heteroatoms. The van der Waals surface area contributed by atoms with Gasteiger partial charge in [-0.2, -0.15) is 5.10 Å². The van der Waals surface area contributed by atoms with Crippen LogP contribution in [-0.2, 0) is 6.61 Å². The highest BCUT2D eigenvalue weighted by molar-refractivity contribution is 6.37. The summed E-state index contributed by atoms with van der Waals surface area (Å²) in [7, 11) is 1.47. The van der Waals surface area contributed by atoms with Gasteiger partial charge < -0.3 is 14.2 Å². The van der Waals surface area contributed by atoms with Gasteiger partial charge in [0.05, 0.1) is 28.3 Å². The second kappa shape index (κ2) is 12.6. The standard InChI is InChI=1S/C25H21Cl2N3O6/c1-3-10-35-22-9-6-18(13-23(22)34-2)25(31)29-28-14-17-11-20(26)24(21(27)12-17)36-15-16-4-7-19(8-5-16)30(32)33/h3-9,11-14H,1,10,15H2,2H3,(H,29,31)/b28-14+. The molecule has 3 aromatic carbocycles. The number of halogens is 2. The zero-order chi connectivity index (χ0) is 26.1. The second-order valence-electron chi connectivity index (χ2n) is 7.19. The minimum atomic E-state index is -0.478. The van der Waals surface area contributed by atoms with Crippen LogP contribution in [0.4, 0.5) is 5.69 Å². The van der Waals surface area contributed by atoms with Crippen molar-refractivity contribution in [1.29, 1.82) is 0 Å². The molecule has 0 aliphatic carbocycles. The van der Waals surface area contributed by atoms with Crippen molar-refractivity contribution in [3.8, 4) is 17.2 Å². The Morgan fingerprint density at radius 3 is 2.39 bits per heavy atom. The van der Waals surface area contributed by atoms with E-state index in [2.05, 4.69) is 17.1 Å². The molecule has 0 heterocycles. The predicted molar refractivity (Wildman–Crippen MR) is 138 cm³/mol. The molecular weight excluding hydrogens is 509 g/mol. The molecule has 3 rings (SSSR count). The summed E-state index contributed by atoms with van der Waals surface area (Å²) in [6, 6.07) is 13.8. The van der Waals surface area contributed by atoms with E-state index < -0.39 is 10.8 Å². The molecule has 36 heavy (non-hydrogen) atoms. The molecule has 0 bridgehead atoms. The molecule has 1 N–H and O–H groups in total. The number of nitro benzene ring substituents is 1. The van der Waals surface area contributed by atoms with Gasteiger partial charge in [0.25, 0.3) is 11.6 Å². The predicted octanol–water partition coefficient (Wildman–Crippen LogP) is 5.82. The first kappa shape index (κ1) is 26.5. The number of nitro groups is 1. The summed E-state index contributed by atoms with van der Waals surface area (Å²) in [5.74, 6) is 0.678. The number of amides is 1. The lowest BCUT2D eigenvalue weighted by molar-refractivity contribution is -0.384. The zero-order valence-corrected chi connectivity index (χ0v) is 20.6. The number of nitrogens with one attached hydrogen (secondary N) is 1. The molecule has 0 saturated carbocycles. The van der Waals surface area contributed by atoms with E-state index in [9.17, 15) is 14.9 Å². The second-order valence-corrected chi connectivity index (χ2v) is 8.00. The van der Waals surface area contributed by atoms with E-state index in [-0.39, 0.29) is 28.1 Å². The van der Waals surface area contributed by atoms with Crippen molar-refractivity contribution in [3.63, 3.8) is 0 Å². The number of hydrogen-bond acceptors (Lipinski definition) is 7. The molecule has 0 fully saturated rings. The van der Waals surface area contributed by atoms with Crippen molar-refractivity contribution in [2.75, 3.05) is 13.7 Å². The fourth-order valence-electron chi connectivity index (χ4n) is 2.97. The number of methoxy groups -OCH3 is 1. The minimum absolute atomic E-state index is 0.0146. The minimum Gasteiger partial charge on any atom is -0.493 e. The third-order valence-electron chi connectivity index (χ3n) is 4.71. The van der Waals surface area contributed by atoms with Crippen LogP contribution in [0.1, 0.15) is 21.5 Å². The molecule has 0 atom stereocenters. The van der Waals surface area contributed by atoms with Crippen molar-refractivity contribution in [2.45, 2.75) is 6.61 Å². The Labute approximate surface area is 217 Å². The van der Waals surface area contributed by atoms with Gasteiger partial charge in [-0.1, -0.05) is 35.9 Å². The molecule has 9 nitrogen and oxygen atoms in total. The molecule has 186 valence electrons. The number of non-ortho nitro benzene ring substituents is 1. The Balaban J connectivity index is 1.62. The maximum Gasteiger partial charge on any atom is 0.271 e. The summed E-state index contributed by atoms with van der Waals surface area (Å²) in [5, 5.41) is 15.2. The summed E-state index contributed by atoms with van der Waals surface area (Å²) in [4.78, 5) is 22.7. The van der Waals surface area contributed by atoms with Gasteiger partial charge in [0.1, 0.15) is 13.2 Å². The van der Waals surface area contributed by atoms with Gasteiger partial charge in [0, 0.05) is 17.7 Å². The monoisotopic (exact) mass is 529 g/mol. The van der Waals surface area contributed by atoms with Crippen LogP contribution in [0.2, 0.25) is 10.0 Å². The zero-order valence-electron chi connectivity index (χ0n) is 19.1. The molecule has 1 amide bonds. The van der Waals surface area contributed by atoms with Crippen LogP contribution in [0.5, 0.6) is 17.2 Å². The van der Waals surface area contributed by atoms with Crippen molar-refractivity contribution in [3.05, 3.63) is 104 Å². The largest absolute Gasteiger partial charge is 0.493 e. The first-order valence-electron chi connectivity index (χ1n) is 10.4. The van der Waals surface area contributed by atoms with Crippen molar-refractivity contribution < 1.29 is 23.9 Å². The number of carbonyl (C=O) groups is 1. The Bertz CT molecular complexity index is 1270. The lowest BCUT2D eigenvalue weighted by Crippen LogP contribution is -2.17. The lowest BCUT2D eigenvalue weighted by Gasteiger charge is -2.11. The maximum atomic E-state index is 12.4. The van der Waals surface area contributed by atoms with E-state index in [1.807, 2.05) is 0 Å². The van der Waals surface area contributed by atoms with Gasteiger partial charge in [0.2, 0.25) is 0 Å². The van der Waals surface area contributed by atoms with E-state index in [4.69, 9.17) is 37.4 Å². The van der Waals surface area contributed by atoms with Gasteiger partial charge in [-0.25, -0.2) is 5.43 Å². The molecule has 3 aromatic rings. The van der Waals surface area contributed by atoms with Crippen molar-refractivity contribution >= 4 is 41.0 Å². The van der Waals surface area contributed by atoms with Crippen LogP contribution in [0.15, 0.2) is 72.4 Å². The molecule has 0 unspecified atom stereocenters. The van der Waals surface area contributed by atoms with Crippen LogP contribution in [0, 0.1) is 10.1 Å². The van der Waals surface area contributed by atoms with E-state index in [1.54, 1.807) is 42.5 Å². The topological polar surface area (TPSA) is 112 Å². The first-order chi connectivity index (χ1) is 17.3. The lowest BCUT2D eigenvalue weighted by atomic mass is 10.2. The van der Waals surface area contributed by atoms with Crippen molar-refractivity contribution in [2.24, 2.45) is 5.10 Å². The average molecular weight is 530 g/mol. The number of nitrogens with zero attached hydrogens (tertiary/aromatic N) is 2. The molecular formula is C25H21Cl2N3O6. The number of carbonyl (C=O) groups excluding carboxylic acids is 1. The Hall–Kier alpha value is -4.08. The van der Waals surface area contributed by atoms with Crippen LogP contribution in [-0.4, -0.2) is 30.8 Å². The summed E-state index contributed by atoms with van der Waals surface area (Å²) >= 11 is 12.6. The average Bonchev–Trinajstić information content (AvgIpc) is 2.87. The first-order valence-corrected chi connectivity index (χ1v) is 11.2. The number of hydrazone groups is 1. The number of ether oxygens (including phenoxy) is 3. The Kier molecular flexibility index (Phi) is 9.26. The molecule has 0 radical (unpaired) electrons. The molecule has 0 aliphatic heterocycles. The highest BCUT2D eigenvalue weighted by Gasteiger charge is 2.12. The molecule has 0 spiro atoms. The summed E-state index contributed by atoms with van der Waals surface area (Å²) in [5.41, 5.74) is 3.97. The van der Waals surface area contributed by atoms with E-state index in [1.165, 1.54) is 31.5 Å². The highest BCUT2D eigenvalue weighted by Crippen LogP contribution is 2.34. The van der Waals surface area contributed by atoms with E-state index in [0.717, 1.165) is 0 Å². The van der Waals surface area contributed by atoms with E-state index in [0.29, 0.717) is 34.8 Å². The third kappa shape index (κ3) is 6.97. The van der Waals surface area contributed by atoms with Gasteiger partial charge in [-0.15, -0.1) is 0 Å². The maximum absolute atomic E-state index is 12.4. The SMILES string of the molecule is C=CCOc1ccc(C(=O)N/N=C/c2cc(Cl)c(OCc3ccc([N+](=O)[O-])cc3)c(Cl)c2)cc1OC. The van der Waals surface area contributed by atoms with E-state index >= 15 is 0 Å². The highest BCUT2D eigenvalue weighted by atomic mass is 35.5. The smallest absolute Gasteiger partial charge is 0.271 e. The summed E-state index contributed by atoms with van der Waals surface area (Å²) in [6.07, 6.45) is 2.99. The van der Waals surface area contributed by atoms with Gasteiger partial charge >= 0.3 is 0 Å². The van der Waals surface area contributed by atoms with Gasteiger partial charge in [-0.3, -0.25) is 14.9 Å². The quantitative estimate of drug-likeness (QED) is 0.145. The van der Waals surface area contributed by atoms with Crippen LogP contribution < -0.4 is 19.6 Å². The summed E-state index contributed by atoms with van der Waals surface area (Å²) < 4.78 is 16.4. The molecule has 0 aliphatic rings. The Morgan fingerprint density at radius 1 is 1.08 bits per heavy atom. The van der Waals surface area contributed by atoms with Crippen LogP contribution in [0.25, 0.3) is 0 Å². The summed E-state index contributed by atoms with van der Waals surface area (Å²) in [6.45, 7) is 4.01. The Morgan fingerprint density at radius 2 is 1.78 bits per heavy atom. The van der Waals surface area contributed by atoms with Gasteiger partial charge in [0.15, 0.2) is 17.2 Å². The number of rotatable bonds is 11. The van der Waals surface area contributed by atoms with Crippen LogP contribution in [0.3, 0.4) is 0 Å². The van der Waals surface area contributed by atoms with Gasteiger partial charge in [-0.05, 0) is 53.6 Å². The van der Waals surface area contributed by atoms with Crippen LogP contribution >= 0.6 is 23.2 Å². The number of benzene rings is 3. The fraction of sp³-hybridized carbons (Fsp3) is 0.120. The normalized spacial score (nSPS) is 10.6. The fourth-order valence-corrected chi connectivity index (χ4v) is 3.58.